The molecule has 2 aromatic carbocycles. The molecular formula is C15H16FNO2. The molecule has 0 bridgehead atoms. The quantitative estimate of drug-likeness (QED) is 0.889. The molecule has 2 aromatic rings. The number of ether oxygens (including phenoxy) is 1. The number of hydrogen-bond acceptors (Lipinski definition) is 3. The van der Waals surface area contributed by atoms with Crippen LogP contribution in [0.5, 0.6) is 11.5 Å². The second-order valence-corrected chi connectivity index (χ2v) is 4.32. The van der Waals surface area contributed by atoms with Gasteiger partial charge in [0.1, 0.15) is 5.75 Å². The average molecular weight is 261 g/mol. The molecule has 3 nitrogen and oxygen atoms in total. The lowest BCUT2D eigenvalue weighted by Crippen LogP contribution is -1.97. The first-order chi connectivity index (χ1) is 9.10. The molecule has 0 radical (unpaired) electrons. The van der Waals surface area contributed by atoms with E-state index in [1.807, 2.05) is 0 Å². The van der Waals surface area contributed by atoms with Gasteiger partial charge in [0, 0.05) is 6.54 Å². The van der Waals surface area contributed by atoms with Gasteiger partial charge in [-0.05, 0) is 42.3 Å². The molecule has 2 rings (SSSR count). The van der Waals surface area contributed by atoms with Crippen LogP contribution in [-0.4, -0.2) is 5.11 Å². The van der Waals surface area contributed by atoms with Crippen LogP contribution in [0.2, 0.25) is 0 Å². The van der Waals surface area contributed by atoms with Gasteiger partial charge in [-0.3, -0.25) is 0 Å². The molecule has 3 N–H and O–H groups in total. The molecule has 1 unspecified atom stereocenters. The van der Waals surface area contributed by atoms with Crippen molar-refractivity contribution in [2.24, 2.45) is 5.73 Å². The summed E-state index contributed by atoms with van der Waals surface area (Å²) in [5.74, 6) is 0.230. The molecule has 19 heavy (non-hydrogen) atoms. The van der Waals surface area contributed by atoms with E-state index in [4.69, 9.17) is 10.5 Å². The Morgan fingerprint density at radius 2 is 1.89 bits per heavy atom. The Kier molecular flexibility index (Phi) is 4.14. The van der Waals surface area contributed by atoms with Gasteiger partial charge in [0.2, 0.25) is 0 Å². The Bertz CT molecular complexity index is 553. The summed E-state index contributed by atoms with van der Waals surface area (Å²) >= 11 is 0. The minimum atomic E-state index is -0.533. The molecule has 100 valence electrons. The van der Waals surface area contributed by atoms with Crippen LogP contribution in [0, 0.1) is 5.82 Å². The Balaban J connectivity index is 2.16. The summed E-state index contributed by atoms with van der Waals surface area (Å²) in [6.45, 7) is 1.97. The van der Waals surface area contributed by atoms with E-state index in [1.165, 1.54) is 6.07 Å². The zero-order valence-corrected chi connectivity index (χ0v) is 10.6. The maximum Gasteiger partial charge on any atom is 0.166 e. The fraction of sp³-hybridized carbons (Fsp3) is 0.200. The summed E-state index contributed by atoms with van der Waals surface area (Å²) in [5, 5.41) is 9.39. The highest BCUT2D eigenvalue weighted by atomic mass is 19.1. The van der Waals surface area contributed by atoms with Gasteiger partial charge in [-0.2, -0.15) is 0 Å². The lowest BCUT2D eigenvalue weighted by molar-refractivity contribution is 0.199. The van der Waals surface area contributed by atoms with Crippen molar-refractivity contribution in [2.75, 3.05) is 0 Å². The van der Waals surface area contributed by atoms with Gasteiger partial charge in [0.05, 0.1) is 6.10 Å². The number of benzene rings is 2. The zero-order valence-electron chi connectivity index (χ0n) is 10.6. The van der Waals surface area contributed by atoms with Gasteiger partial charge < -0.3 is 15.6 Å². The van der Waals surface area contributed by atoms with Gasteiger partial charge in [-0.1, -0.05) is 18.2 Å². The van der Waals surface area contributed by atoms with Crippen molar-refractivity contribution in [3.63, 3.8) is 0 Å². The van der Waals surface area contributed by atoms with Crippen molar-refractivity contribution >= 4 is 0 Å². The topological polar surface area (TPSA) is 55.5 Å². The van der Waals surface area contributed by atoms with Gasteiger partial charge in [-0.15, -0.1) is 0 Å². The molecular weight excluding hydrogens is 245 g/mol. The Morgan fingerprint density at radius 3 is 2.42 bits per heavy atom. The molecule has 0 aliphatic rings. The van der Waals surface area contributed by atoms with Gasteiger partial charge >= 0.3 is 0 Å². The molecule has 4 heteroatoms. The minimum Gasteiger partial charge on any atom is -0.454 e. The standard InChI is InChI=1S/C15H16FNO2/c1-10(18)12-3-5-13(6-4-12)19-15-7-2-11(9-17)8-14(15)16/h2-8,10,18H,9,17H2,1H3. The van der Waals surface area contributed by atoms with Gasteiger partial charge in [0.25, 0.3) is 0 Å². The molecule has 1 atom stereocenters. The van der Waals surface area contributed by atoms with Gasteiger partial charge in [0.15, 0.2) is 11.6 Å². The molecule has 0 aliphatic carbocycles. The fourth-order valence-corrected chi connectivity index (χ4v) is 1.70. The largest absolute Gasteiger partial charge is 0.454 e. The number of hydrogen-bond donors (Lipinski definition) is 2. The zero-order chi connectivity index (χ0) is 13.8. The van der Waals surface area contributed by atoms with Crippen molar-refractivity contribution < 1.29 is 14.2 Å². The lowest BCUT2D eigenvalue weighted by Gasteiger charge is -2.09. The number of aliphatic hydroxyl groups excluding tert-OH is 1. The summed E-state index contributed by atoms with van der Waals surface area (Å²) in [7, 11) is 0. The Labute approximate surface area is 111 Å². The molecule has 0 amide bonds. The van der Waals surface area contributed by atoms with Crippen LogP contribution in [0.15, 0.2) is 42.5 Å². The molecule has 0 saturated carbocycles. The van der Waals surface area contributed by atoms with E-state index < -0.39 is 11.9 Å². The molecule has 0 aliphatic heterocycles. The monoisotopic (exact) mass is 261 g/mol. The van der Waals surface area contributed by atoms with Crippen molar-refractivity contribution in [3.8, 4) is 11.5 Å². The van der Waals surface area contributed by atoms with Gasteiger partial charge in [-0.25, -0.2) is 4.39 Å². The van der Waals surface area contributed by atoms with E-state index in [9.17, 15) is 9.50 Å². The summed E-state index contributed by atoms with van der Waals surface area (Å²) in [4.78, 5) is 0. The van der Waals surface area contributed by atoms with Crippen LogP contribution in [0.3, 0.4) is 0 Å². The second kappa shape index (κ2) is 5.82. The fourth-order valence-electron chi connectivity index (χ4n) is 1.70. The van der Waals surface area contributed by atoms with E-state index in [0.717, 1.165) is 5.56 Å². The smallest absolute Gasteiger partial charge is 0.166 e. The molecule has 0 aromatic heterocycles. The maximum absolute atomic E-state index is 13.7. The number of rotatable bonds is 4. The third-order valence-corrected chi connectivity index (χ3v) is 2.82. The predicted molar refractivity (Wildman–Crippen MR) is 71.4 cm³/mol. The van der Waals surface area contributed by atoms with E-state index in [1.54, 1.807) is 43.3 Å². The van der Waals surface area contributed by atoms with E-state index in [0.29, 0.717) is 17.9 Å². The third-order valence-electron chi connectivity index (χ3n) is 2.82. The van der Waals surface area contributed by atoms with Crippen LogP contribution >= 0.6 is 0 Å². The first-order valence-electron chi connectivity index (χ1n) is 6.04. The number of nitrogens with two attached hydrogens (primary N) is 1. The van der Waals surface area contributed by atoms with Crippen LogP contribution < -0.4 is 10.5 Å². The lowest BCUT2D eigenvalue weighted by atomic mass is 10.1. The van der Waals surface area contributed by atoms with Crippen LogP contribution in [-0.2, 0) is 6.54 Å². The van der Waals surface area contributed by atoms with Crippen molar-refractivity contribution in [3.05, 3.63) is 59.4 Å². The van der Waals surface area contributed by atoms with Crippen LogP contribution in [0.1, 0.15) is 24.2 Å². The Morgan fingerprint density at radius 1 is 1.21 bits per heavy atom. The highest BCUT2D eigenvalue weighted by Crippen LogP contribution is 2.26. The van der Waals surface area contributed by atoms with Crippen molar-refractivity contribution in [1.29, 1.82) is 0 Å². The third kappa shape index (κ3) is 3.30. The van der Waals surface area contributed by atoms with Crippen molar-refractivity contribution in [2.45, 2.75) is 19.6 Å². The first kappa shape index (κ1) is 13.5. The molecule has 0 spiro atoms. The Hall–Kier alpha value is -1.91. The molecule has 0 saturated heterocycles. The SMILES string of the molecule is CC(O)c1ccc(Oc2ccc(CN)cc2F)cc1. The van der Waals surface area contributed by atoms with Crippen LogP contribution in [0.25, 0.3) is 0 Å². The number of halogens is 1. The minimum absolute atomic E-state index is 0.155. The number of aliphatic hydroxyl groups is 1. The maximum atomic E-state index is 13.7. The summed E-state index contributed by atoms with van der Waals surface area (Å²) in [6, 6.07) is 11.5. The highest BCUT2D eigenvalue weighted by Gasteiger charge is 2.06. The second-order valence-electron chi connectivity index (χ2n) is 4.32. The summed E-state index contributed by atoms with van der Waals surface area (Å²) < 4.78 is 19.2. The predicted octanol–water partition coefficient (Wildman–Crippen LogP) is 3.13. The molecule has 0 fully saturated rings. The van der Waals surface area contributed by atoms with Crippen LogP contribution in [0.4, 0.5) is 4.39 Å². The van der Waals surface area contributed by atoms with Crippen molar-refractivity contribution in [1.82, 2.24) is 0 Å². The van der Waals surface area contributed by atoms with E-state index in [2.05, 4.69) is 0 Å². The molecule has 0 heterocycles. The highest BCUT2D eigenvalue weighted by molar-refractivity contribution is 5.36. The normalized spacial score (nSPS) is 12.2. The van der Waals surface area contributed by atoms with E-state index in [-0.39, 0.29) is 5.75 Å². The average Bonchev–Trinajstić information content (AvgIpc) is 2.41. The summed E-state index contributed by atoms with van der Waals surface area (Å²) in [5.41, 5.74) is 6.94. The van der Waals surface area contributed by atoms with E-state index >= 15 is 0 Å². The summed E-state index contributed by atoms with van der Waals surface area (Å²) in [6.07, 6.45) is -0.533. The first-order valence-corrected chi connectivity index (χ1v) is 6.04.